The molecule has 1 aromatic heterocycles. The number of nitrogen functional groups attached to an aromatic ring is 1. The summed E-state index contributed by atoms with van der Waals surface area (Å²) in [4.78, 5) is 26.3. The first-order valence-electron chi connectivity index (χ1n) is 5.52. The number of nitro benzene ring substituents is 1. The number of aromatic nitrogens is 1. The van der Waals surface area contributed by atoms with Crippen molar-refractivity contribution in [2.24, 2.45) is 5.84 Å². The Labute approximate surface area is 117 Å². The molecule has 4 N–H and O–H groups in total. The zero-order valence-electron chi connectivity index (χ0n) is 10.2. The largest absolute Gasteiger partial charge is 0.346 e. The summed E-state index contributed by atoms with van der Waals surface area (Å²) >= 11 is 1.40. The minimum Gasteiger partial charge on any atom is -0.346 e. The monoisotopic (exact) mass is 293 g/mol. The Kier molecular flexibility index (Phi) is 4.23. The summed E-state index contributed by atoms with van der Waals surface area (Å²) in [5.41, 5.74) is 4.76. The average molecular weight is 293 g/mol. The molecular formula is C11H11N5O3S. The number of thiazole rings is 1. The maximum atomic E-state index is 12.0. The van der Waals surface area contributed by atoms with Gasteiger partial charge >= 0.3 is 0 Å². The van der Waals surface area contributed by atoms with Crippen LogP contribution in [0.5, 0.6) is 0 Å². The van der Waals surface area contributed by atoms with Crippen molar-refractivity contribution in [1.29, 1.82) is 0 Å². The molecule has 0 saturated carbocycles. The van der Waals surface area contributed by atoms with E-state index in [0.29, 0.717) is 11.4 Å². The summed E-state index contributed by atoms with van der Waals surface area (Å²) in [6.07, 6.45) is 0. The molecular weight excluding hydrogens is 282 g/mol. The molecule has 0 atom stereocenters. The van der Waals surface area contributed by atoms with Crippen molar-refractivity contribution >= 4 is 28.6 Å². The maximum Gasteiger partial charge on any atom is 0.282 e. The van der Waals surface area contributed by atoms with Crippen LogP contribution in [0.2, 0.25) is 0 Å². The standard InChI is InChI=1S/C11H11N5O3S/c12-15-7-1-2-10(16(18)19)9(3-7)11(17)13-4-8-5-20-6-14-8/h1-3,5-6,15H,4,12H2,(H,13,17). The highest BCUT2D eigenvalue weighted by atomic mass is 32.1. The van der Waals surface area contributed by atoms with Crippen LogP contribution in [-0.4, -0.2) is 15.8 Å². The number of carbonyl (C=O) groups excluding carboxylic acids is 1. The molecule has 0 aliphatic rings. The zero-order chi connectivity index (χ0) is 14.5. The molecule has 0 fully saturated rings. The van der Waals surface area contributed by atoms with Gasteiger partial charge in [0.05, 0.1) is 22.7 Å². The van der Waals surface area contributed by atoms with Crippen molar-refractivity contribution in [1.82, 2.24) is 10.3 Å². The maximum absolute atomic E-state index is 12.0. The molecule has 0 unspecified atom stereocenters. The fourth-order valence-electron chi connectivity index (χ4n) is 1.56. The van der Waals surface area contributed by atoms with Crippen LogP contribution in [0.25, 0.3) is 0 Å². The molecule has 0 aliphatic carbocycles. The van der Waals surface area contributed by atoms with Crippen LogP contribution in [0, 0.1) is 10.1 Å². The Bertz CT molecular complexity index is 629. The molecule has 2 aromatic rings. The summed E-state index contributed by atoms with van der Waals surface area (Å²) in [6.45, 7) is 0.208. The molecule has 8 nitrogen and oxygen atoms in total. The van der Waals surface area contributed by atoms with Crippen molar-refractivity contribution in [2.75, 3.05) is 5.43 Å². The smallest absolute Gasteiger partial charge is 0.282 e. The number of nitrogens with zero attached hydrogens (tertiary/aromatic N) is 2. The molecule has 9 heteroatoms. The number of nitro groups is 1. The minimum absolute atomic E-state index is 0.0549. The van der Waals surface area contributed by atoms with Gasteiger partial charge in [0.2, 0.25) is 0 Å². The number of hydrogen-bond donors (Lipinski definition) is 3. The fourth-order valence-corrected chi connectivity index (χ4v) is 2.12. The Hall–Kier alpha value is -2.52. The normalized spacial score (nSPS) is 10.1. The van der Waals surface area contributed by atoms with Gasteiger partial charge in [-0.25, -0.2) is 4.98 Å². The van der Waals surface area contributed by atoms with E-state index in [0.717, 1.165) is 0 Å². The van der Waals surface area contributed by atoms with Crippen LogP contribution < -0.4 is 16.6 Å². The Balaban J connectivity index is 2.20. The van der Waals surface area contributed by atoms with E-state index in [1.165, 1.54) is 29.5 Å². The summed E-state index contributed by atoms with van der Waals surface area (Å²) in [6, 6.07) is 3.98. The molecule has 0 spiro atoms. The zero-order valence-corrected chi connectivity index (χ0v) is 11.0. The van der Waals surface area contributed by atoms with Gasteiger partial charge in [-0.15, -0.1) is 11.3 Å². The Morgan fingerprint density at radius 2 is 2.30 bits per heavy atom. The van der Waals surface area contributed by atoms with Gasteiger partial charge in [-0.3, -0.25) is 20.8 Å². The van der Waals surface area contributed by atoms with E-state index in [4.69, 9.17) is 5.84 Å². The topological polar surface area (TPSA) is 123 Å². The molecule has 2 rings (SSSR count). The van der Waals surface area contributed by atoms with Crippen molar-refractivity contribution in [3.63, 3.8) is 0 Å². The number of hydrazine groups is 1. The number of anilines is 1. The molecule has 1 heterocycles. The van der Waals surface area contributed by atoms with Crippen molar-refractivity contribution in [3.8, 4) is 0 Å². The number of benzene rings is 1. The molecule has 1 aromatic carbocycles. The summed E-state index contributed by atoms with van der Waals surface area (Å²) in [5.74, 6) is 4.68. The van der Waals surface area contributed by atoms with E-state index in [1.54, 1.807) is 10.9 Å². The lowest BCUT2D eigenvalue weighted by Gasteiger charge is -2.06. The molecule has 1 amide bonds. The number of rotatable bonds is 5. The number of carbonyl (C=O) groups is 1. The van der Waals surface area contributed by atoms with Crippen LogP contribution in [0.4, 0.5) is 11.4 Å². The number of amides is 1. The number of nitrogens with one attached hydrogen (secondary N) is 2. The first-order valence-corrected chi connectivity index (χ1v) is 6.46. The fraction of sp³-hybridized carbons (Fsp3) is 0.0909. The molecule has 0 radical (unpaired) electrons. The van der Waals surface area contributed by atoms with E-state index in [2.05, 4.69) is 15.7 Å². The van der Waals surface area contributed by atoms with E-state index in [-0.39, 0.29) is 17.8 Å². The number of nitrogens with two attached hydrogens (primary N) is 1. The Morgan fingerprint density at radius 1 is 1.50 bits per heavy atom. The van der Waals surface area contributed by atoms with Crippen LogP contribution in [0.1, 0.15) is 16.1 Å². The number of hydrogen-bond acceptors (Lipinski definition) is 7. The highest BCUT2D eigenvalue weighted by molar-refractivity contribution is 7.07. The highest BCUT2D eigenvalue weighted by Crippen LogP contribution is 2.22. The van der Waals surface area contributed by atoms with E-state index < -0.39 is 10.8 Å². The van der Waals surface area contributed by atoms with Gasteiger partial charge in [0.25, 0.3) is 11.6 Å². The molecule has 20 heavy (non-hydrogen) atoms. The predicted octanol–water partition coefficient (Wildman–Crippen LogP) is 1.27. The lowest BCUT2D eigenvalue weighted by molar-refractivity contribution is -0.385. The van der Waals surface area contributed by atoms with E-state index in [9.17, 15) is 14.9 Å². The quantitative estimate of drug-likeness (QED) is 0.433. The van der Waals surface area contributed by atoms with Crippen molar-refractivity contribution < 1.29 is 9.72 Å². The third kappa shape index (κ3) is 3.08. The van der Waals surface area contributed by atoms with E-state index in [1.807, 2.05) is 0 Å². The second-order valence-corrected chi connectivity index (χ2v) is 4.51. The van der Waals surface area contributed by atoms with Crippen LogP contribution in [0.15, 0.2) is 29.1 Å². The third-order valence-electron chi connectivity index (χ3n) is 2.52. The van der Waals surface area contributed by atoms with Gasteiger partial charge in [0.1, 0.15) is 5.56 Å². The van der Waals surface area contributed by atoms with Gasteiger partial charge in [0, 0.05) is 17.1 Å². The van der Waals surface area contributed by atoms with Crippen molar-refractivity contribution in [2.45, 2.75) is 6.54 Å². The molecule has 0 saturated heterocycles. The van der Waals surface area contributed by atoms with Crippen molar-refractivity contribution in [3.05, 3.63) is 50.5 Å². The van der Waals surface area contributed by atoms with E-state index >= 15 is 0 Å². The molecule has 0 aliphatic heterocycles. The SMILES string of the molecule is NNc1ccc([N+](=O)[O-])c(C(=O)NCc2cscn2)c1. The van der Waals surface area contributed by atoms with Gasteiger partial charge in [-0.05, 0) is 12.1 Å². The summed E-state index contributed by atoms with van der Waals surface area (Å²) in [5, 5.41) is 15.3. The lowest BCUT2D eigenvalue weighted by atomic mass is 10.1. The average Bonchev–Trinajstić information content (AvgIpc) is 2.97. The summed E-state index contributed by atoms with van der Waals surface area (Å²) in [7, 11) is 0. The van der Waals surface area contributed by atoms with Crippen LogP contribution >= 0.6 is 11.3 Å². The Morgan fingerprint density at radius 3 is 2.90 bits per heavy atom. The van der Waals surface area contributed by atoms with Gasteiger partial charge in [-0.1, -0.05) is 0 Å². The third-order valence-corrected chi connectivity index (χ3v) is 3.15. The first-order chi connectivity index (χ1) is 9.61. The predicted molar refractivity (Wildman–Crippen MR) is 74.2 cm³/mol. The lowest BCUT2D eigenvalue weighted by Crippen LogP contribution is -2.24. The summed E-state index contributed by atoms with van der Waals surface area (Å²) < 4.78 is 0. The molecule has 104 valence electrons. The minimum atomic E-state index is -0.613. The second kappa shape index (κ2) is 6.08. The van der Waals surface area contributed by atoms with Crippen LogP contribution in [-0.2, 0) is 6.54 Å². The first kappa shape index (κ1) is 13.9. The highest BCUT2D eigenvalue weighted by Gasteiger charge is 2.20. The van der Waals surface area contributed by atoms with Gasteiger partial charge in [-0.2, -0.15) is 0 Å². The molecule has 0 bridgehead atoms. The second-order valence-electron chi connectivity index (χ2n) is 3.80. The van der Waals surface area contributed by atoms with Gasteiger partial charge < -0.3 is 10.7 Å². The van der Waals surface area contributed by atoms with Gasteiger partial charge in [0.15, 0.2) is 0 Å². The van der Waals surface area contributed by atoms with Crippen LogP contribution in [0.3, 0.4) is 0 Å².